The largest absolute Gasteiger partial charge is 0.373 e. The smallest absolute Gasteiger partial charge is 0.0895 e. The van der Waals surface area contributed by atoms with Crippen molar-refractivity contribution in [3.63, 3.8) is 0 Å². The van der Waals surface area contributed by atoms with Crippen molar-refractivity contribution in [2.24, 2.45) is 5.73 Å². The minimum Gasteiger partial charge on any atom is -0.373 e. The highest BCUT2D eigenvalue weighted by molar-refractivity contribution is 5.15. The molecule has 0 amide bonds. The summed E-state index contributed by atoms with van der Waals surface area (Å²) in [5, 5.41) is 0. The van der Waals surface area contributed by atoms with Gasteiger partial charge in [-0.05, 0) is 31.0 Å². The lowest BCUT2D eigenvalue weighted by atomic mass is 10.0. The van der Waals surface area contributed by atoms with Crippen LogP contribution in [-0.4, -0.2) is 41.7 Å². The zero-order valence-electron chi connectivity index (χ0n) is 9.96. The summed E-state index contributed by atoms with van der Waals surface area (Å²) in [5.74, 6) is 0. The molecule has 2 aliphatic rings. The van der Waals surface area contributed by atoms with Gasteiger partial charge in [-0.25, -0.2) is 0 Å². The van der Waals surface area contributed by atoms with Gasteiger partial charge in [0.1, 0.15) is 0 Å². The van der Waals surface area contributed by atoms with E-state index in [1.54, 1.807) is 6.20 Å². The number of nitrogens with zero attached hydrogens (tertiary/aromatic N) is 2. The molecule has 1 aromatic heterocycles. The van der Waals surface area contributed by atoms with Crippen LogP contribution in [0.1, 0.15) is 24.4 Å². The molecule has 0 aromatic carbocycles. The van der Waals surface area contributed by atoms with Gasteiger partial charge in [0.15, 0.2) is 0 Å². The summed E-state index contributed by atoms with van der Waals surface area (Å²) < 4.78 is 5.91. The van der Waals surface area contributed by atoms with E-state index in [1.165, 1.54) is 19.4 Å². The van der Waals surface area contributed by atoms with Gasteiger partial charge in [0, 0.05) is 25.0 Å². The number of hydrogen-bond acceptors (Lipinski definition) is 4. The normalized spacial score (nSPS) is 31.1. The predicted octanol–water partition coefficient (Wildman–Crippen LogP) is 0.945. The standard InChI is InChI=1S/C13H19N3O/c14-13(10-3-1-5-15-7-10)12-8-16-6-2-4-11(16)9-17-12/h1,3,5,7,11-13H,2,4,6,8-9,14H2. The van der Waals surface area contributed by atoms with Crippen LogP contribution < -0.4 is 5.73 Å². The monoisotopic (exact) mass is 233 g/mol. The van der Waals surface area contributed by atoms with Gasteiger partial charge >= 0.3 is 0 Å². The van der Waals surface area contributed by atoms with Crippen molar-refractivity contribution >= 4 is 0 Å². The lowest BCUT2D eigenvalue weighted by Crippen LogP contribution is -2.49. The molecule has 1 aromatic rings. The number of fused-ring (bicyclic) bond motifs is 1. The molecule has 2 N–H and O–H groups in total. The van der Waals surface area contributed by atoms with Crippen LogP contribution in [0.15, 0.2) is 24.5 Å². The Bertz CT molecular complexity index is 370. The molecule has 0 radical (unpaired) electrons. The summed E-state index contributed by atoms with van der Waals surface area (Å²) in [5.41, 5.74) is 7.33. The topological polar surface area (TPSA) is 51.4 Å². The zero-order chi connectivity index (χ0) is 11.7. The first-order valence-electron chi connectivity index (χ1n) is 6.36. The fraction of sp³-hybridized carbons (Fsp3) is 0.615. The molecule has 0 bridgehead atoms. The summed E-state index contributed by atoms with van der Waals surface area (Å²) in [7, 11) is 0. The van der Waals surface area contributed by atoms with Crippen LogP contribution in [0.3, 0.4) is 0 Å². The third kappa shape index (κ3) is 2.20. The van der Waals surface area contributed by atoms with Gasteiger partial charge in [-0.1, -0.05) is 6.07 Å². The summed E-state index contributed by atoms with van der Waals surface area (Å²) in [6.07, 6.45) is 6.28. The number of rotatable bonds is 2. The maximum absolute atomic E-state index is 6.26. The number of morpholine rings is 1. The molecule has 3 heterocycles. The van der Waals surface area contributed by atoms with Crippen LogP contribution >= 0.6 is 0 Å². The molecule has 0 spiro atoms. The quantitative estimate of drug-likeness (QED) is 0.826. The predicted molar refractivity (Wildman–Crippen MR) is 65.5 cm³/mol. The van der Waals surface area contributed by atoms with Crippen molar-refractivity contribution in [2.75, 3.05) is 19.7 Å². The van der Waals surface area contributed by atoms with Crippen LogP contribution in [0, 0.1) is 0 Å². The second-order valence-electron chi connectivity index (χ2n) is 4.97. The second kappa shape index (κ2) is 4.72. The highest BCUT2D eigenvalue weighted by atomic mass is 16.5. The SMILES string of the molecule is NC(c1cccnc1)C1CN2CCCC2CO1. The van der Waals surface area contributed by atoms with Crippen molar-refractivity contribution in [3.8, 4) is 0 Å². The first-order chi connectivity index (χ1) is 8.34. The van der Waals surface area contributed by atoms with E-state index in [1.807, 2.05) is 18.3 Å². The molecule has 3 atom stereocenters. The number of aromatic nitrogens is 1. The summed E-state index contributed by atoms with van der Waals surface area (Å²) in [6.45, 7) is 2.99. The van der Waals surface area contributed by atoms with Crippen molar-refractivity contribution in [1.29, 1.82) is 0 Å². The third-order valence-electron chi connectivity index (χ3n) is 3.89. The highest BCUT2D eigenvalue weighted by Gasteiger charge is 2.35. The average molecular weight is 233 g/mol. The maximum atomic E-state index is 6.26. The van der Waals surface area contributed by atoms with Gasteiger partial charge < -0.3 is 10.5 Å². The van der Waals surface area contributed by atoms with Crippen LogP contribution in [0.2, 0.25) is 0 Å². The molecule has 0 saturated carbocycles. The lowest BCUT2D eigenvalue weighted by molar-refractivity contribution is -0.0597. The molecule has 2 fully saturated rings. The molecular weight excluding hydrogens is 214 g/mol. The van der Waals surface area contributed by atoms with Crippen molar-refractivity contribution in [3.05, 3.63) is 30.1 Å². The summed E-state index contributed by atoms with van der Waals surface area (Å²) in [6, 6.07) is 4.52. The number of pyridine rings is 1. The van der Waals surface area contributed by atoms with E-state index < -0.39 is 0 Å². The fourth-order valence-electron chi connectivity index (χ4n) is 2.85. The first-order valence-corrected chi connectivity index (χ1v) is 6.36. The first kappa shape index (κ1) is 11.1. The number of ether oxygens (including phenoxy) is 1. The van der Waals surface area contributed by atoms with Gasteiger partial charge in [0.25, 0.3) is 0 Å². The molecule has 3 unspecified atom stereocenters. The summed E-state index contributed by atoms with van der Waals surface area (Å²) >= 11 is 0. The van der Waals surface area contributed by atoms with Gasteiger partial charge in [0.05, 0.1) is 18.8 Å². The Hall–Kier alpha value is -0.970. The maximum Gasteiger partial charge on any atom is 0.0895 e. The number of nitrogens with two attached hydrogens (primary N) is 1. The molecule has 4 nitrogen and oxygen atoms in total. The minimum atomic E-state index is -0.0646. The highest BCUT2D eigenvalue weighted by Crippen LogP contribution is 2.27. The van der Waals surface area contributed by atoms with E-state index in [-0.39, 0.29) is 12.1 Å². The van der Waals surface area contributed by atoms with E-state index in [0.29, 0.717) is 6.04 Å². The zero-order valence-corrected chi connectivity index (χ0v) is 9.96. The van der Waals surface area contributed by atoms with Crippen molar-refractivity contribution < 1.29 is 4.74 Å². The van der Waals surface area contributed by atoms with Gasteiger partial charge in [-0.15, -0.1) is 0 Å². The molecule has 3 rings (SSSR count). The molecular formula is C13H19N3O. The molecule has 4 heteroatoms. The van der Waals surface area contributed by atoms with Crippen molar-refractivity contribution in [1.82, 2.24) is 9.88 Å². The van der Waals surface area contributed by atoms with Gasteiger partial charge in [-0.3, -0.25) is 9.88 Å². The molecule has 92 valence electrons. The van der Waals surface area contributed by atoms with Crippen LogP contribution in [0.5, 0.6) is 0 Å². The molecule has 0 aliphatic carbocycles. The Labute approximate surface area is 102 Å². The van der Waals surface area contributed by atoms with E-state index in [9.17, 15) is 0 Å². The number of hydrogen-bond donors (Lipinski definition) is 1. The second-order valence-corrected chi connectivity index (χ2v) is 4.97. The molecule has 2 aliphatic heterocycles. The van der Waals surface area contributed by atoms with Crippen LogP contribution in [0.25, 0.3) is 0 Å². The van der Waals surface area contributed by atoms with Gasteiger partial charge in [0.2, 0.25) is 0 Å². The Morgan fingerprint density at radius 1 is 1.53 bits per heavy atom. The lowest BCUT2D eigenvalue weighted by Gasteiger charge is -2.37. The van der Waals surface area contributed by atoms with Crippen LogP contribution in [0.4, 0.5) is 0 Å². The van der Waals surface area contributed by atoms with Crippen LogP contribution in [-0.2, 0) is 4.74 Å². The van der Waals surface area contributed by atoms with E-state index in [0.717, 1.165) is 18.7 Å². The molecule has 2 saturated heterocycles. The van der Waals surface area contributed by atoms with Gasteiger partial charge in [-0.2, -0.15) is 0 Å². The Morgan fingerprint density at radius 3 is 3.29 bits per heavy atom. The average Bonchev–Trinajstić information content (AvgIpc) is 2.86. The van der Waals surface area contributed by atoms with E-state index >= 15 is 0 Å². The Morgan fingerprint density at radius 2 is 2.47 bits per heavy atom. The minimum absolute atomic E-state index is 0.0646. The summed E-state index contributed by atoms with van der Waals surface area (Å²) in [4.78, 5) is 6.64. The molecule has 17 heavy (non-hydrogen) atoms. The van der Waals surface area contributed by atoms with Crippen molar-refractivity contribution in [2.45, 2.75) is 31.0 Å². The fourth-order valence-corrected chi connectivity index (χ4v) is 2.85. The third-order valence-corrected chi connectivity index (χ3v) is 3.89. The Balaban J connectivity index is 1.69. The van der Waals surface area contributed by atoms with E-state index in [2.05, 4.69) is 9.88 Å². The Kier molecular flexibility index (Phi) is 3.09. The van der Waals surface area contributed by atoms with E-state index in [4.69, 9.17) is 10.5 Å².